The molecule has 0 spiro atoms. The maximum atomic E-state index is 10.9. The van der Waals surface area contributed by atoms with E-state index in [1.165, 1.54) is 6.08 Å². The number of hydrogen-bond donors (Lipinski definition) is 2. The molecule has 16 heavy (non-hydrogen) atoms. The van der Waals surface area contributed by atoms with E-state index >= 15 is 0 Å². The van der Waals surface area contributed by atoms with Crippen molar-refractivity contribution < 1.29 is 19.4 Å². The second-order valence-electron chi connectivity index (χ2n) is 2.87. The van der Waals surface area contributed by atoms with Crippen molar-refractivity contribution in [3.05, 3.63) is 36.5 Å². The second-order valence-corrected chi connectivity index (χ2v) is 2.87. The average Bonchev–Trinajstić information content (AvgIpc) is 2.25. The molecule has 0 aliphatic heterocycles. The van der Waals surface area contributed by atoms with E-state index in [2.05, 4.69) is 16.6 Å². The van der Waals surface area contributed by atoms with Crippen LogP contribution >= 0.6 is 0 Å². The minimum atomic E-state index is -1.19. The van der Waals surface area contributed by atoms with Crippen LogP contribution in [-0.4, -0.2) is 30.3 Å². The van der Waals surface area contributed by atoms with Gasteiger partial charge in [-0.2, -0.15) is 0 Å². The van der Waals surface area contributed by atoms with Crippen LogP contribution in [0.3, 0.4) is 0 Å². The highest BCUT2D eigenvalue weighted by Gasteiger charge is 2.21. The molecule has 0 heterocycles. The Morgan fingerprint density at radius 3 is 2.50 bits per heavy atom. The van der Waals surface area contributed by atoms with Crippen LogP contribution in [0.4, 0.5) is 4.79 Å². The van der Waals surface area contributed by atoms with Crippen molar-refractivity contribution in [2.24, 2.45) is 0 Å². The number of aliphatic carboxylic acids is 1. The third kappa shape index (κ3) is 4.99. The Morgan fingerprint density at radius 1 is 1.44 bits per heavy atom. The number of rotatable bonds is 5. The van der Waals surface area contributed by atoms with Crippen LogP contribution in [0.15, 0.2) is 36.5 Å². The van der Waals surface area contributed by atoms with Gasteiger partial charge in [-0.15, -0.1) is 0 Å². The van der Waals surface area contributed by atoms with Crippen LogP contribution in [0.5, 0.6) is 0 Å². The Hall–Kier alpha value is -2.04. The Balaban J connectivity index is 4.59. The Labute approximate surface area is 94.1 Å². The fourth-order valence-electron chi connectivity index (χ4n) is 0.876. The highest BCUT2D eigenvalue weighted by molar-refractivity contribution is 5.83. The molecule has 0 aromatic rings. The number of carbonyl (C=O) groups excluding carboxylic acids is 1. The molecule has 1 atom stereocenters. The third-order valence-electron chi connectivity index (χ3n) is 1.68. The maximum Gasteiger partial charge on any atom is 0.407 e. The molecule has 0 fully saturated rings. The molecule has 0 bridgehead atoms. The van der Waals surface area contributed by atoms with Gasteiger partial charge in [-0.25, -0.2) is 9.59 Å². The minimum absolute atomic E-state index is 0.260. The molecule has 0 rings (SSSR count). The number of hydrogen-bond acceptors (Lipinski definition) is 3. The summed E-state index contributed by atoms with van der Waals surface area (Å²) in [6.45, 7) is 5.39. The molecule has 0 aliphatic carbocycles. The first-order valence-corrected chi connectivity index (χ1v) is 4.58. The molecule has 0 aliphatic rings. The van der Waals surface area contributed by atoms with E-state index in [0.717, 1.165) is 7.11 Å². The monoisotopic (exact) mass is 225 g/mol. The SMILES string of the molecule is C=C(C=CC=CC)C(NC(=O)OC)C(=O)O. The molecule has 0 aromatic carbocycles. The molecule has 1 unspecified atom stereocenters. The van der Waals surface area contributed by atoms with Gasteiger partial charge in [-0.05, 0) is 12.5 Å². The first-order valence-electron chi connectivity index (χ1n) is 4.58. The summed E-state index contributed by atoms with van der Waals surface area (Å²) in [5.41, 5.74) is 0.260. The molecular formula is C11H15NO4. The normalized spacial score (nSPS) is 12.6. The molecule has 0 radical (unpaired) electrons. The van der Waals surface area contributed by atoms with Crippen LogP contribution < -0.4 is 5.32 Å². The number of alkyl carbamates (subject to hydrolysis) is 1. The predicted molar refractivity (Wildman–Crippen MR) is 60.1 cm³/mol. The highest BCUT2D eigenvalue weighted by atomic mass is 16.5. The third-order valence-corrected chi connectivity index (χ3v) is 1.68. The van der Waals surface area contributed by atoms with Crippen LogP contribution in [-0.2, 0) is 9.53 Å². The molecular weight excluding hydrogens is 210 g/mol. The van der Waals surface area contributed by atoms with E-state index < -0.39 is 18.1 Å². The zero-order valence-corrected chi connectivity index (χ0v) is 9.27. The van der Waals surface area contributed by atoms with Crippen molar-refractivity contribution in [1.29, 1.82) is 0 Å². The zero-order chi connectivity index (χ0) is 12.6. The van der Waals surface area contributed by atoms with Crippen molar-refractivity contribution in [2.75, 3.05) is 7.11 Å². The summed E-state index contributed by atoms with van der Waals surface area (Å²) in [7, 11) is 1.16. The van der Waals surface area contributed by atoms with Gasteiger partial charge in [0.05, 0.1) is 7.11 Å². The fraction of sp³-hybridized carbons (Fsp3) is 0.273. The van der Waals surface area contributed by atoms with Crippen LogP contribution in [0.2, 0.25) is 0 Å². The summed E-state index contributed by atoms with van der Waals surface area (Å²) in [6.07, 6.45) is 5.84. The lowest BCUT2D eigenvalue weighted by Gasteiger charge is -2.13. The van der Waals surface area contributed by atoms with E-state index in [0.29, 0.717) is 0 Å². The fourth-order valence-corrected chi connectivity index (χ4v) is 0.876. The van der Waals surface area contributed by atoms with Gasteiger partial charge in [-0.3, -0.25) is 0 Å². The van der Waals surface area contributed by atoms with Gasteiger partial charge in [0.15, 0.2) is 6.04 Å². The number of carboxylic acid groups (broad SMARTS) is 1. The molecule has 0 saturated heterocycles. The van der Waals surface area contributed by atoms with E-state index in [1.54, 1.807) is 18.2 Å². The Morgan fingerprint density at radius 2 is 2.06 bits per heavy atom. The number of allylic oxidation sites excluding steroid dienone is 3. The summed E-state index contributed by atoms with van der Waals surface area (Å²) < 4.78 is 4.31. The van der Waals surface area contributed by atoms with E-state index in [9.17, 15) is 9.59 Å². The first kappa shape index (κ1) is 14.0. The van der Waals surface area contributed by atoms with E-state index in [1.807, 2.05) is 6.92 Å². The number of methoxy groups -OCH3 is 1. The standard InChI is InChI=1S/C11H15NO4/c1-4-5-6-7-8(2)9(10(13)14)12-11(15)16-3/h4-7,9H,2H2,1,3H3,(H,12,15)(H,13,14). The van der Waals surface area contributed by atoms with Crippen LogP contribution in [0.1, 0.15) is 6.92 Å². The molecule has 1 amide bonds. The summed E-state index contributed by atoms with van der Waals surface area (Å²) in [4.78, 5) is 21.7. The van der Waals surface area contributed by atoms with Gasteiger partial charge < -0.3 is 15.2 Å². The Bertz CT molecular complexity index is 331. The van der Waals surface area contributed by atoms with Gasteiger partial charge >= 0.3 is 12.1 Å². The lowest BCUT2D eigenvalue weighted by Crippen LogP contribution is -2.41. The highest BCUT2D eigenvalue weighted by Crippen LogP contribution is 2.03. The largest absolute Gasteiger partial charge is 0.479 e. The van der Waals surface area contributed by atoms with E-state index in [-0.39, 0.29) is 5.57 Å². The van der Waals surface area contributed by atoms with Crippen LogP contribution in [0.25, 0.3) is 0 Å². The van der Waals surface area contributed by atoms with Gasteiger partial charge in [0.25, 0.3) is 0 Å². The molecule has 2 N–H and O–H groups in total. The summed E-state index contributed by atoms with van der Waals surface area (Å²) in [5, 5.41) is 11.0. The van der Waals surface area contributed by atoms with Crippen molar-refractivity contribution >= 4 is 12.1 Å². The number of carboxylic acids is 1. The first-order chi connectivity index (χ1) is 7.52. The number of amides is 1. The van der Waals surface area contributed by atoms with Crippen LogP contribution in [0, 0.1) is 0 Å². The molecule has 5 heteroatoms. The van der Waals surface area contributed by atoms with E-state index in [4.69, 9.17) is 5.11 Å². The maximum absolute atomic E-state index is 10.9. The number of nitrogens with one attached hydrogen (secondary N) is 1. The summed E-state index contributed by atoms with van der Waals surface area (Å²) >= 11 is 0. The Kier molecular flexibility index (Phi) is 6.35. The van der Waals surface area contributed by atoms with Gasteiger partial charge in [-0.1, -0.05) is 30.9 Å². The predicted octanol–water partition coefficient (Wildman–Crippen LogP) is 1.48. The number of carbonyl (C=O) groups is 2. The molecule has 88 valence electrons. The smallest absolute Gasteiger partial charge is 0.407 e. The lowest BCUT2D eigenvalue weighted by molar-refractivity contribution is -0.138. The second kappa shape index (κ2) is 7.28. The van der Waals surface area contributed by atoms with Crippen molar-refractivity contribution in [3.63, 3.8) is 0 Å². The molecule has 0 aromatic heterocycles. The summed E-state index contributed by atoms with van der Waals surface area (Å²) in [5.74, 6) is -1.19. The van der Waals surface area contributed by atoms with Gasteiger partial charge in [0.1, 0.15) is 0 Å². The molecule has 0 saturated carbocycles. The van der Waals surface area contributed by atoms with Crippen molar-refractivity contribution in [1.82, 2.24) is 5.32 Å². The zero-order valence-electron chi connectivity index (χ0n) is 9.27. The number of ether oxygens (including phenoxy) is 1. The summed E-state index contributed by atoms with van der Waals surface area (Å²) in [6, 6.07) is -1.19. The quantitative estimate of drug-likeness (QED) is 0.695. The van der Waals surface area contributed by atoms with Gasteiger partial charge in [0, 0.05) is 0 Å². The average molecular weight is 225 g/mol. The molecule has 5 nitrogen and oxygen atoms in total. The topological polar surface area (TPSA) is 75.6 Å². The van der Waals surface area contributed by atoms with Gasteiger partial charge in [0.2, 0.25) is 0 Å². The van der Waals surface area contributed by atoms with Crippen molar-refractivity contribution in [2.45, 2.75) is 13.0 Å². The lowest BCUT2D eigenvalue weighted by atomic mass is 10.1. The van der Waals surface area contributed by atoms with Crippen molar-refractivity contribution in [3.8, 4) is 0 Å². The minimum Gasteiger partial charge on any atom is -0.479 e.